The highest BCUT2D eigenvalue weighted by Crippen LogP contribution is 2.24. The van der Waals surface area contributed by atoms with Crippen molar-refractivity contribution in [1.82, 2.24) is 5.32 Å². The van der Waals surface area contributed by atoms with E-state index in [0.29, 0.717) is 5.92 Å². The standard InChI is InChI=1S/C21H26ClNOS/c1-15(2)4-5-16(3)23-21(24)18-8-6-17(7-9-18)14-25-20-12-10-19(22)11-13-20/h6-13,15-16H,4-5,14H2,1-3H3,(H,23,24)/t16-/m1/s1. The number of hydrogen-bond donors (Lipinski definition) is 1. The Kier molecular flexibility index (Phi) is 7.86. The predicted molar refractivity (Wildman–Crippen MR) is 108 cm³/mol. The van der Waals surface area contributed by atoms with Crippen LogP contribution in [0.3, 0.4) is 0 Å². The SMILES string of the molecule is CC(C)CC[C@@H](C)NC(=O)c1ccc(CSc2ccc(Cl)cc2)cc1. The first kappa shape index (κ1) is 19.9. The van der Waals surface area contributed by atoms with Crippen LogP contribution in [0.1, 0.15) is 49.5 Å². The summed E-state index contributed by atoms with van der Waals surface area (Å²) in [5, 5.41) is 3.83. The lowest BCUT2D eigenvalue weighted by Gasteiger charge is -2.15. The highest BCUT2D eigenvalue weighted by Gasteiger charge is 2.10. The maximum atomic E-state index is 12.3. The fraction of sp³-hybridized carbons (Fsp3) is 0.381. The number of halogens is 1. The lowest BCUT2D eigenvalue weighted by molar-refractivity contribution is 0.0937. The van der Waals surface area contributed by atoms with Crippen molar-refractivity contribution in [2.24, 2.45) is 5.92 Å². The Morgan fingerprint density at radius 1 is 1.00 bits per heavy atom. The topological polar surface area (TPSA) is 29.1 Å². The first-order chi connectivity index (χ1) is 11.9. The number of hydrogen-bond acceptors (Lipinski definition) is 2. The molecule has 1 N–H and O–H groups in total. The van der Waals surface area contributed by atoms with Crippen LogP contribution in [0.5, 0.6) is 0 Å². The van der Waals surface area contributed by atoms with Crippen molar-refractivity contribution in [3.05, 3.63) is 64.7 Å². The molecule has 4 heteroatoms. The Hall–Kier alpha value is -1.45. The van der Waals surface area contributed by atoms with Crippen LogP contribution in [0, 0.1) is 5.92 Å². The molecular weight excluding hydrogens is 350 g/mol. The second kappa shape index (κ2) is 9.88. The molecule has 2 nitrogen and oxygen atoms in total. The zero-order valence-corrected chi connectivity index (χ0v) is 16.7. The highest BCUT2D eigenvalue weighted by atomic mass is 35.5. The minimum Gasteiger partial charge on any atom is -0.350 e. The van der Waals surface area contributed by atoms with Gasteiger partial charge in [0.25, 0.3) is 5.91 Å². The van der Waals surface area contributed by atoms with Gasteiger partial charge in [-0.25, -0.2) is 0 Å². The molecule has 25 heavy (non-hydrogen) atoms. The van der Waals surface area contributed by atoms with Gasteiger partial charge in [0.2, 0.25) is 0 Å². The summed E-state index contributed by atoms with van der Waals surface area (Å²) in [7, 11) is 0. The number of amides is 1. The van der Waals surface area contributed by atoms with E-state index in [1.807, 2.05) is 48.5 Å². The molecule has 0 radical (unpaired) electrons. The van der Waals surface area contributed by atoms with E-state index in [1.165, 1.54) is 10.5 Å². The minimum absolute atomic E-state index is 0.00756. The van der Waals surface area contributed by atoms with Gasteiger partial charge in [-0.1, -0.05) is 37.6 Å². The first-order valence-corrected chi connectivity index (χ1v) is 10.1. The number of rotatable bonds is 8. The fourth-order valence-electron chi connectivity index (χ4n) is 2.41. The average Bonchev–Trinajstić information content (AvgIpc) is 2.60. The smallest absolute Gasteiger partial charge is 0.251 e. The second-order valence-corrected chi connectivity index (χ2v) is 8.27. The normalized spacial score (nSPS) is 12.2. The molecule has 0 aliphatic heterocycles. The third-order valence-corrected chi connectivity index (χ3v) is 5.32. The van der Waals surface area contributed by atoms with Gasteiger partial charge in [-0.05, 0) is 67.6 Å². The molecule has 0 saturated heterocycles. The van der Waals surface area contributed by atoms with E-state index in [4.69, 9.17) is 11.6 Å². The molecule has 134 valence electrons. The summed E-state index contributed by atoms with van der Waals surface area (Å²) in [6.45, 7) is 6.47. The van der Waals surface area contributed by atoms with Gasteiger partial charge in [0, 0.05) is 27.3 Å². The predicted octanol–water partition coefficient (Wildman–Crippen LogP) is 6.19. The Bertz CT molecular complexity index is 667. The monoisotopic (exact) mass is 375 g/mol. The molecule has 0 aliphatic rings. The van der Waals surface area contributed by atoms with Crippen molar-refractivity contribution in [2.75, 3.05) is 0 Å². The quantitative estimate of drug-likeness (QED) is 0.557. The number of thioether (sulfide) groups is 1. The summed E-state index contributed by atoms with van der Waals surface area (Å²) in [6.07, 6.45) is 2.14. The third kappa shape index (κ3) is 7.13. The Morgan fingerprint density at radius 2 is 1.64 bits per heavy atom. The zero-order chi connectivity index (χ0) is 18.2. The summed E-state index contributed by atoms with van der Waals surface area (Å²) in [4.78, 5) is 13.5. The lowest BCUT2D eigenvalue weighted by atomic mass is 10.0. The molecule has 0 aliphatic carbocycles. The van der Waals surface area contributed by atoms with Crippen LogP contribution in [0.4, 0.5) is 0 Å². The molecule has 0 unspecified atom stereocenters. The Balaban J connectivity index is 1.84. The van der Waals surface area contributed by atoms with Crippen LogP contribution in [0.15, 0.2) is 53.4 Å². The Labute approximate surface area is 160 Å². The van der Waals surface area contributed by atoms with Crippen LogP contribution >= 0.6 is 23.4 Å². The highest BCUT2D eigenvalue weighted by molar-refractivity contribution is 7.98. The first-order valence-electron chi connectivity index (χ1n) is 8.72. The molecule has 0 aromatic heterocycles. The molecule has 0 heterocycles. The van der Waals surface area contributed by atoms with Crippen LogP contribution < -0.4 is 5.32 Å². The average molecular weight is 376 g/mol. The second-order valence-electron chi connectivity index (χ2n) is 6.79. The number of carbonyl (C=O) groups is 1. The summed E-state index contributed by atoms with van der Waals surface area (Å²) in [6, 6.07) is 15.9. The molecule has 2 aromatic carbocycles. The van der Waals surface area contributed by atoms with E-state index in [9.17, 15) is 4.79 Å². The van der Waals surface area contributed by atoms with E-state index in [-0.39, 0.29) is 11.9 Å². The van der Waals surface area contributed by atoms with Crippen molar-refractivity contribution < 1.29 is 4.79 Å². The van der Waals surface area contributed by atoms with Crippen molar-refractivity contribution in [2.45, 2.75) is 50.3 Å². The molecule has 2 aromatic rings. The fourth-order valence-corrected chi connectivity index (χ4v) is 3.39. The van der Waals surface area contributed by atoms with Crippen molar-refractivity contribution in [3.63, 3.8) is 0 Å². The molecular formula is C21H26ClNOS. The molecule has 1 atom stereocenters. The van der Waals surface area contributed by atoms with Crippen LogP contribution in [0.2, 0.25) is 5.02 Å². The van der Waals surface area contributed by atoms with Gasteiger partial charge in [-0.2, -0.15) is 0 Å². The zero-order valence-electron chi connectivity index (χ0n) is 15.1. The van der Waals surface area contributed by atoms with Gasteiger partial charge in [-0.3, -0.25) is 4.79 Å². The maximum absolute atomic E-state index is 12.3. The van der Waals surface area contributed by atoms with E-state index in [1.54, 1.807) is 11.8 Å². The van der Waals surface area contributed by atoms with Crippen molar-refractivity contribution in [1.29, 1.82) is 0 Å². The molecule has 0 bridgehead atoms. The lowest BCUT2D eigenvalue weighted by Crippen LogP contribution is -2.32. The molecule has 0 saturated carbocycles. The van der Waals surface area contributed by atoms with Gasteiger partial charge in [0.1, 0.15) is 0 Å². The summed E-state index contributed by atoms with van der Waals surface area (Å²) in [5.74, 6) is 1.54. The molecule has 2 rings (SSSR count). The van der Waals surface area contributed by atoms with E-state index in [2.05, 4.69) is 26.1 Å². The third-order valence-electron chi connectivity index (χ3n) is 3.99. The van der Waals surface area contributed by atoms with Gasteiger partial charge < -0.3 is 5.32 Å². The van der Waals surface area contributed by atoms with Crippen molar-refractivity contribution >= 4 is 29.3 Å². The van der Waals surface area contributed by atoms with E-state index in [0.717, 1.165) is 29.2 Å². The van der Waals surface area contributed by atoms with Gasteiger partial charge in [-0.15, -0.1) is 11.8 Å². The van der Waals surface area contributed by atoms with E-state index < -0.39 is 0 Å². The molecule has 1 amide bonds. The van der Waals surface area contributed by atoms with Crippen LogP contribution in [-0.4, -0.2) is 11.9 Å². The number of carbonyl (C=O) groups excluding carboxylic acids is 1. The van der Waals surface area contributed by atoms with Crippen molar-refractivity contribution in [3.8, 4) is 0 Å². The minimum atomic E-state index is 0.00756. The maximum Gasteiger partial charge on any atom is 0.251 e. The van der Waals surface area contributed by atoms with Crippen LogP contribution in [0.25, 0.3) is 0 Å². The van der Waals surface area contributed by atoms with E-state index >= 15 is 0 Å². The summed E-state index contributed by atoms with van der Waals surface area (Å²) in [5.41, 5.74) is 1.92. The largest absolute Gasteiger partial charge is 0.350 e. The molecule has 0 spiro atoms. The number of benzene rings is 2. The van der Waals surface area contributed by atoms with Gasteiger partial charge in [0.15, 0.2) is 0 Å². The van der Waals surface area contributed by atoms with Crippen LogP contribution in [-0.2, 0) is 5.75 Å². The summed E-state index contributed by atoms with van der Waals surface area (Å²) >= 11 is 7.66. The Morgan fingerprint density at radius 3 is 2.24 bits per heavy atom. The van der Waals surface area contributed by atoms with Gasteiger partial charge >= 0.3 is 0 Å². The molecule has 0 fully saturated rings. The summed E-state index contributed by atoms with van der Waals surface area (Å²) < 4.78 is 0. The number of nitrogens with one attached hydrogen (secondary N) is 1. The van der Waals surface area contributed by atoms with Gasteiger partial charge in [0.05, 0.1) is 0 Å².